The Labute approximate surface area is 114 Å². The first-order chi connectivity index (χ1) is 9.36. The zero-order valence-electron chi connectivity index (χ0n) is 10.4. The molecule has 0 fully saturated rings. The quantitative estimate of drug-likeness (QED) is 0.683. The number of fused-ring (bicyclic) bond motifs is 1. The predicted molar refractivity (Wildman–Crippen MR) is 73.3 cm³/mol. The Morgan fingerprint density at radius 2 is 2.05 bits per heavy atom. The standard InChI is InChI=1S/C13H12N4OS/c1-18-11-5-3-10(4-6-11)9-19-13-16-15-12-14-7-2-8-17(12)13/h2-8H,9H2,1H3. The first kappa shape index (κ1) is 12.0. The van der Waals surface area contributed by atoms with Crippen LogP contribution in [0.4, 0.5) is 0 Å². The normalized spacial score (nSPS) is 10.8. The fraction of sp³-hybridized carbons (Fsp3) is 0.154. The largest absolute Gasteiger partial charge is 0.497 e. The number of nitrogens with zero attached hydrogens (tertiary/aromatic N) is 4. The number of rotatable bonds is 4. The van der Waals surface area contributed by atoms with Crippen molar-refractivity contribution in [2.45, 2.75) is 10.9 Å². The highest BCUT2D eigenvalue weighted by Crippen LogP contribution is 2.22. The maximum absolute atomic E-state index is 5.14. The van der Waals surface area contributed by atoms with Crippen molar-refractivity contribution in [1.82, 2.24) is 19.6 Å². The van der Waals surface area contributed by atoms with E-state index in [-0.39, 0.29) is 0 Å². The second kappa shape index (κ2) is 5.27. The highest BCUT2D eigenvalue weighted by atomic mass is 32.2. The van der Waals surface area contributed by atoms with E-state index in [1.54, 1.807) is 25.1 Å². The van der Waals surface area contributed by atoms with Gasteiger partial charge in [-0.1, -0.05) is 23.9 Å². The lowest BCUT2D eigenvalue weighted by Crippen LogP contribution is -1.89. The molecule has 0 aliphatic carbocycles. The molecule has 0 aliphatic rings. The van der Waals surface area contributed by atoms with Crippen molar-refractivity contribution in [2.24, 2.45) is 0 Å². The smallest absolute Gasteiger partial charge is 0.255 e. The molecule has 2 heterocycles. The fourth-order valence-corrected chi connectivity index (χ4v) is 2.56. The summed E-state index contributed by atoms with van der Waals surface area (Å²) in [5.41, 5.74) is 1.21. The summed E-state index contributed by atoms with van der Waals surface area (Å²) in [5, 5.41) is 9.00. The van der Waals surface area contributed by atoms with Gasteiger partial charge in [0.1, 0.15) is 5.75 Å². The van der Waals surface area contributed by atoms with Crippen molar-refractivity contribution in [3.8, 4) is 5.75 Å². The monoisotopic (exact) mass is 272 g/mol. The second-order valence-electron chi connectivity index (χ2n) is 3.91. The number of methoxy groups -OCH3 is 1. The summed E-state index contributed by atoms with van der Waals surface area (Å²) in [4.78, 5) is 4.14. The van der Waals surface area contributed by atoms with Gasteiger partial charge in [-0.3, -0.25) is 4.40 Å². The van der Waals surface area contributed by atoms with Gasteiger partial charge in [0.05, 0.1) is 7.11 Å². The van der Waals surface area contributed by atoms with Gasteiger partial charge in [-0.2, -0.15) is 0 Å². The Bertz CT molecular complexity index is 680. The number of ether oxygens (including phenoxy) is 1. The summed E-state index contributed by atoms with van der Waals surface area (Å²) in [6.45, 7) is 0. The molecule has 96 valence electrons. The van der Waals surface area contributed by atoms with E-state index >= 15 is 0 Å². The van der Waals surface area contributed by atoms with E-state index in [1.165, 1.54) is 5.56 Å². The third-order valence-electron chi connectivity index (χ3n) is 2.68. The molecule has 6 heteroatoms. The minimum atomic E-state index is 0.625. The van der Waals surface area contributed by atoms with Crippen LogP contribution in [-0.2, 0) is 5.75 Å². The predicted octanol–water partition coefficient (Wildman–Crippen LogP) is 2.43. The zero-order valence-corrected chi connectivity index (χ0v) is 11.2. The van der Waals surface area contributed by atoms with Crippen LogP contribution in [0.15, 0.2) is 47.9 Å². The van der Waals surface area contributed by atoms with Gasteiger partial charge < -0.3 is 4.74 Å². The van der Waals surface area contributed by atoms with Crippen molar-refractivity contribution in [1.29, 1.82) is 0 Å². The van der Waals surface area contributed by atoms with Crippen molar-refractivity contribution in [3.05, 3.63) is 48.3 Å². The first-order valence-electron chi connectivity index (χ1n) is 5.78. The minimum Gasteiger partial charge on any atom is -0.497 e. The molecule has 0 amide bonds. The third-order valence-corrected chi connectivity index (χ3v) is 3.70. The number of thioether (sulfide) groups is 1. The molecule has 5 nitrogen and oxygen atoms in total. The first-order valence-corrected chi connectivity index (χ1v) is 6.77. The average molecular weight is 272 g/mol. The summed E-state index contributed by atoms with van der Waals surface area (Å²) in [5.74, 6) is 2.32. The molecule has 0 N–H and O–H groups in total. The Morgan fingerprint density at radius 1 is 1.21 bits per heavy atom. The average Bonchev–Trinajstić information content (AvgIpc) is 2.89. The molecule has 19 heavy (non-hydrogen) atoms. The molecule has 0 bridgehead atoms. The van der Waals surface area contributed by atoms with Crippen LogP contribution >= 0.6 is 11.8 Å². The molecule has 3 aromatic rings. The zero-order chi connectivity index (χ0) is 13.1. The highest BCUT2D eigenvalue weighted by molar-refractivity contribution is 7.98. The molecule has 0 atom stereocenters. The lowest BCUT2D eigenvalue weighted by molar-refractivity contribution is 0.414. The highest BCUT2D eigenvalue weighted by Gasteiger charge is 2.06. The second-order valence-corrected chi connectivity index (χ2v) is 4.85. The molecule has 0 spiro atoms. The molecule has 3 rings (SSSR count). The van der Waals surface area contributed by atoms with Gasteiger partial charge in [-0.25, -0.2) is 4.98 Å². The van der Waals surface area contributed by atoms with Crippen LogP contribution in [0.3, 0.4) is 0 Å². The maximum Gasteiger partial charge on any atom is 0.255 e. The molecular weight excluding hydrogens is 260 g/mol. The van der Waals surface area contributed by atoms with Crippen LogP contribution in [0.5, 0.6) is 5.75 Å². The Kier molecular flexibility index (Phi) is 3.33. The summed E-state index contributed by atoms with van der Waals surface area (Å²) < 4.78 is 7.02. The van der Waals surface area contributed by atoms with E-state index in [0.717, 1.165) is 16.7 Å². The van der Waals surface area contributed by atoms with Crippen molar-refractivity contribution < 1.29 is 4.74 Å². The van der Waals surface area contributed by atoms with E-state index in [2.05, 4.69) is 15.2 Å². The Balaban J connectivity index is 1.74. The summed E-state index contributed by atoms with van der Waals surface area (Å²) >= 11 is 1.63. The van der Waals surface area contributed by atoms with Crippen LogP contribution in [-0.4, -0.2) is 26.7 Å². The minimum absolute atomic E-state index is 0.625. The number of hydrogen-bond donors (Lipinski definition) is 0. The van der Waals surface area contributed by atoms with Gasteiger partial charge in [0.25, 0.3) is 5.78 Å². The molecule has 1 aromatic carbocycles. The van der Waals surface area contributed by atoms with E-state index in [4.69, 9.17) is 4.74 Å². The van der Waals surface area contributed by atoms with Gasteiger partial charge in [-0.15, -0.1) is 10.2 Å². The molecule has 0 radical (unpaired) electrons. The van der Waals surface area contributed by atoms with Crippen molar-refractivity contribution >= 4 is 17.5 Å². The number of hydrogen-bond acceptors (Lipinski definition) is 5. The third kappa shape index (κ3) is 2.53. The lowest BCUT2D eigenvalue weighted by Gasteiger charge is -2.02. The SMILES string of the molecule is COc1ccc(CSc2nnc3ncccn23)cc1. The van der Waals surface area contributed by atoms with Crippen LogP contribution < -0.4 is 4.74 Å². The van der Waals surface area contributed by atoms with Crippen LogP contribution in [0, 0.1) is 0 Å². The van der Waals surface area contributed by atoms with Gasteiger partial charge in [-0.05, 0) is 23.8 Å². The van der Waals surface area contributed by atoms with E-state index in [9.17, 15) is 0 Å². The molecule has 0 saturated heterocycles. The number of aromatic nitrogens is 4. The number of benzene rings is 1. The van der Waals surface area contributed by atoms with Gasteiger partial charge in [0, 0.05) is 18.1 Å². The summed E-state index contributed by atoms with van der Waals surface area (Å²) in [6.07, 6.45) is 3.63. The Hall–Kier alpha value is -2.08. The molecular formula is C13H12N4OS. The van der Waals surface area contributed by atoms with Crippen LogP contribution in [0.1, 0.15) is 5.56 Å². The van der Waals surface area contributed by atoms with Crippen LogP contribution in [0.2, 0.25) is 0 Å². The van der Waals surface area contributed by atoms with Gasteiger partial charge in [0.15, 0.2) is 5.16 Å². The lowest BCUT2D eigenvalue weighted by atomic mass is 10.2. The molecule has 0 unspecified atom stereocenters. The van der Waals surface area contributed by atoms with E-state index in [0.29, 0.717) is 5.78 Å². The summed E-state index contributed by atoms with van der Waals surface area (Å²) in [6, 6.07) is 9.88. The van der Waals surface area contributed by atoms with E-state index < -0.39 is 0 Å². The summed E-state index contributed by atoms with van der Waals surface area (Å²) in [7, 11) is 1.67. The van der Waals surface area contributed by atoms with Gasteiger partial charge in [0.2, 0.25) is 0 Å². The van der Waals surface area contributed by atoms with Gasteiger partial charge >= 0.3 is 0 Å². The van der Waals surface area contributed by atoms with Crippen molar-refractivity contribution in [3.63, 3.8) is 0 Å². The fourth-order valence-electron chi connectivity index (χ4n) is 1.69. The Morgan fingerprint density at radius 3 is 2.84 bits per heavy atom. The topological polar surface area (TPSA) is 52.3 Å². The van der Waals surface area contributed by atoms with E-state index in [1.807, 2.05) is 40.9 Å². The molecule has 0 saturated carbocycles. The molecule has 0 aliphatic heterocycles. The molecule has 2 aromatic heterocycles. The maximum atomic E-state index is 5.14. The van der Waals surface area contributed by atoms with Crippen LogP contribution in [0.25, 0.3) is 5.78 Å². The van der Waals surface area contributed by atoms with Crippen molar-refractivity contribution in [2.75, 3.05) is 7.11 Å².